The monoisotopic (exact) mass is 370 g/mol. The van der Waals surface area contributed by atoms with Gasteiger partial charge in [0, 0.05) is 13.1 Å². The molecule has 5 heteroatoms. The van der Waals surface area contributed by atoms with Gasteiger partial charge in [0.2, 0.25) is 0 Å². The van der Waals surface area contributed by atoms with Gasteiger partial charge in [-0.15, -0.1) is 24.0 Å². The molecule has 0 saturated carbocycles. The molecule has 0 aliphatic carbocycles. The summed E-state index contributed by atoms with van der Waals surface area (Å²) in [5, 5.41) is 8.71. The van der Waals surface area contributed by atoms with Crippen molar-refractivity contribution in [1.82, 2.24) is 4.90 Å². The van der Waals surface area contributed by atoms with Crippen LogP contribution in [0.15, 0.2) is 29.3 Å². The highest BCUT2D eigenvalue weighted by Crippen LogP contribution is 2.09. The summed E-state index contributed by atoms with van der Waals surface area (Å²) in [7, 11) is 0. The van der Waals surface area contributed by atoms with E-state index >= 15 is 0 Å². The summed E-state index contributed by atoms with van der Waals surface area (Å²) >= 11 is 0. The summed E-state index contributed by atoms with van der Waals surface area (Å²) in [6, 6.07) is 9.56. The van der Waals surface area contributed by atoms with Crippen LogP contribution in [0, 0.1) is 11.3 Å². The Kier molecular flexibility index (Phi) is 6.64. The van der Waals surface area contributed by atoms with Crippen molar-refractivity contribution in [2.24, 2.45) is 10.7 Å². The largest absolute Gasteiger partial charge is 0.370 e. The summed E-state index contributed by atoms with van der Waals surface area (Å²) in [4.78, 5) is 6.56. The molecule has 19 heavy (non-hydrogen) atoms. The number of aliphatic imine (C=N–C) groups is 1. The van der Waals surface area contributed by atoms with Crippen LogP contribution in [-0.2, 0) is 6.54 Å². The third-order valence-corrected chi connectivity index (χ3v) is 3.19. The highest BCUT2D eigenvalue weighted by molar-refractivity contribution is 14.0. The second-order valence-electron chi connectivity index (χ2n) is 4.53. The van der Waals surface area contributed by atoms with Crippen LogP contribution in [0.4, 0.5) is 0 Å². The van der Waals surface area contributed by atoms with E-state index in [1.54, 1.807) is 0 Å². The molecule has 2 N–H and O–H groups in total. The molecule has 102 valence electrons. The second-order valence-corrected chi connectivity index (χ2v) is 4.53. The van der Waals surface area contributed by atoms with Gasteiger partial charge < -0.3 is 10.6 Å². The highest BCUT2D eigenvalue weighted by Gasteiger charge is 2.11. The molecular weight excluding hydrogens is 351 g/mol. The molecule has 0 unspecified atom stereocenters. The van der Waals surface area contributed by atoms with Crippen molar-refractivity contribution >= 4 is 29.9 Å². The van der Waals surface area contributed by atoms with Crippen LogP contribution >= 0.6 is 24.0 Å². The minimum absolute atomic E-state index is 0. The molecule has 0 aromatic heterocycles. The average Bonchev–Trinajstić information content (AvgIpc) is 2.46. The van der Waals surface area contributed by atoms with Crippen LogP contribution in [0.5, 0.6) is 0 Å². The maximum atomic E-state index is 8.71. The molecule has 1 aromatic rings. The molecule has 0 radical (unpaired) electrons. The molecular formula is C14H19IN4. The van der Waals surface area contributed by atoms with Crippen LogP contribution < -0.4 is 5.73 Å². The number of halogens is 1. The molecule has 0 spiro atoms. The van der Waals surface area contributed by atoms with Crippen LogP contribution in [0.1, 0.15) is 30.4 Å². The standard InChI is InChI=1S/C14H18N4.HI/c15-10-12-4-6-13(7-5-12)11-17-14(16)18-8-2-1-3-9-18;/h4-7H,1-3,8-9,11H2,(H2,16,17);1H. The molecule has 1 heterocycles. The molecule has 4 nitrogen and oxygen atoms in total. The van der Waals surface area contributed by atoms with Gasteiger partial charge in [0.1, 0.15) is 0 Å². The first-order valence-electron chi connectivity index (χ1n) is 6.33. The first-order chi connectivity index (χ1) is 8.79. The first-order valence-corrected chi connectivity index (χ1v) is 6.33. The highest BCUT2D eigenvalue weighted by atomic mass is 127. The van der Waals surface area contributed by atoms with Crippen LogP contribution in [-0.4, -0.2) is 23.9 Å². The number of piperidine rings is 1. The van der Waals surface area contributed by atoms with Crippen molar-refractivity contribution in [1.29, 1.82) is 5.26 Å². The predicted octanol–water partition coefficient (Wildman–Crippen LogP) is 2.48. The van der Waals surface area contributed by atoms with Crippen molar-refractivity contribution in [2.75, 3.05) is 13.1 Å². The smallest absolute Gasteiger partial charge is 0.191 e. The summed E-state index contributed by atoms with van der Waals surface area (Å²) in [5.74, 6) is 0.638. The van der Waals surface area contributed by atoms with Crippen LogP contribution in [0.3, 0.4) is 0 Å². The second kappa shape index (κ2) is 8.00. The van der Waals surface area contributed by atoms with E-state index in [9.17, 15) is 0 Å². The molecule has 1 aromatic carbocycles. The lowest BCUT2D eigenvalue weighted by atomic mass is 10.1. The summed E-state index contributed by atoms with van der Waals surface area (Å²) in [5.41, 5.74) is 7.73. The van der Waals surface area contributed by atoms with Gasteiger partial charge in [-0.2, -0.15) is 5.26 Å². The van der Waals surface area contributed by atoms with Gasteiger partial charge in [-0.1, -0.05) is 12.1 Å². The lowest BCUT2D eigenvalue weighted by Crippen LogP contribution is -2.40. The quantitative estimate of drug-likeness (QED) is 0.494. The molecule has 1 aliphatic rings. The maximum Gasteiger partial charge on any atom is 0.191 e. The zero-order valence-electron chi connectivity index (χ0n) is 10.9. The maximum absolute atomic E-state index is 8.71. The fourth-order valence-corrected chi connectivity index (χ4v) is 2.08. The van der Waals surface area contributed by atoms with E-state index in [1.807, 2.05) is 24.3 Å². The number of nitrogens with zero attached hydrogens (tertiary/aromatic N) is 3. The van der Waals surface area contributed by atoms with E-state index in [2.05, 4.69) is 16.0 Å². The molecule has 1 aliphatic heterocycles. The van der Waals surface area contributed by atoms with E-state index in [0.717, 1.165) is 18.7 Å². The van der Waals surface area contributed by atoms with Gasteiger partial charge in [-0.3, -0.25) is 0 Å². The van der Waals surface area contributed by atoms with Gasteiger partial charge in [0.05, 0.1) is 18.2 Å². The van der Waals surface area contributed by atoms with Crippen molar-refractivity contribution < 1.29 is 0 Å². The fraction of sp³-hybridized carbons (Fsp3) is 0.429. The van der Waals surface area contributed by atoms with E-state index < -0.39 is 0 Å². The summed E-state index contributed by atoms with van der Waals surface area (Å²) < 4.78 is 0. The van der Waals surface area contributed by atoms with Crippen molar-refractivity contribution in [3.63, 3.8) is 0 Å². The lowest BCUT2D eigenvalue weighted by Gasteiger charge is -2.27. The van der Waals surface area contributed by atoms with Crippen LogP contribution in [0.25, 0.3) is 0 Å². The zero-order valence-corrected chi connectivity index (χ0v) is 13.2. The van der Waals surface area contributed by atoms with Gasteiger partial charge in [-0.25, -0.2) is 4.99 Å². The minimum Gasteiger partial charge on any atom is -0.370 e. The zero-order chi connectivity index (χ0) is 12.8. The van der Waals surface area contributed by atoms with Crippen molar-refractivity contribution in [3.8, 4) is 6.07 Å². The third-order valence-electron chi connectivity index (χ3n) is 3.19. The Morgan fingerprint density at radius 1 is 1.21 bits per heavy atom. The number of rotatable bonds is 2. The van der Waals surface area contributed by atoms with E-state index in [-0.39, 0.29) is 24.0 Å². The Bertz CT molecular complexity index is 455. The van der Waals surface area contributed by atoms with E-state index in [4.69, 9.17) is 11.0 Å². The Balaban J connectivity index is 0.00000180. The van der Waals surface area contributed by atoms with Gasteiger partial charge in [0.15, 0.2) is 5.96 Å². The number of hydrogen-bond acceptors (Lipinski definition) is 2. The number of benzene rings is 1. The Labute approximate surface area is 131 Å². The lowest BCUT2D eigenvalue weighted by molar-refractivity contribution is 0.338. The molecule has 0 amide bonds. The minimum atomic E-state index is 0. The third kappa shape index (κ3) is 4.71. The number of likely N-dealkylation sites (tertiary alicyclic amines) is 1. The molecule has 0 bridgehead atoms. The van der Waals surface area contributed by atoms with Gasteiger partial charge in [-0.05, 0) is 37.0 Å². The Morgan fingerprint density at radius 2 is 1.84 bits per heavy atom. The molecule has 1 fully saturated rings. The topological polar surface area (TPSA) is 65.4 Å². The SMILES string of the molecule is I.N#Cc1ccc(CN=C(N)N2CCCCC2)cc1. The van der Waals surface area contributed by atoms with E-state index in [0.29, 0.717) is 18.1 Å². The van der Waals surface area contributed by atoms with Gasteiger partial charge >= 0.3 is 0 Å². The van der Waals surface area contributed by atoms with Gasteiger partial charge in [0.25, 0.3) is 0 Å². The average molecular weight is 370 g/mol. The van der Waals surface area contributed by atoms with Crippen molar-refractivity contribution in [3.05, 3.63) is 35.4 Å². The number of nitriles is 1. The summed E-state index contributed by atoms with van der Waals surface area (Å²) in [6.07, 6.45) is 3.69. The number of guanidine groups is 1. The fourth-order valence-electron chi connectivity index (χ4n) is 2.08. The predicted molar refractivity (Wildman–Crippen MR) is 87.3 cm³/mol. The summed E-state index contributed by atoms with van der Waals surface area (Å²) in [6.45, 7) is 2.61. The molecule has 1 saturated heterocycles. The van der Waals surface area contributed by atoms with E-state index in [1.165, 1.54) is 19.3 Å². The molecule has 2 rings (SSSR count). The normalized spacial score (nSPS) is 15.5. The van der Waals surface area contributed by atoms with Crippen molar-refractivity contribution in [2.45, 2.75) is 25.8 Å². The Hall–Kier alpha value is -1.29. The Morgan fingerprint density at radius 3 is 2.42 bits per heavy atom. The number of hydrogen-bond donors (Lipinski definition) is 1. The first kappa shape index (κ1) is 15.8. The number of nitrogens with two attached hydrogens (primary N) is 1. The molecule has 0 atom stereocenters. The van der Waals surface area contributed by atoms with Crippen LogP contribution in [0.2, 0.25) is 0 Å².